The van der Waals surface area contributed by atoms with E-state index in [-0.39, 0.29) is 23.6 Å². The molecule has 0 aliphatic carbocycles. The van der Waals surface area contributed by atoms with Crippen LogP contribution in [0.3, 0.4) is 0 Å². The third-order valence-electron chi connectivity index (χ3n) is 4.82. The van der Waals surface area contributed by atoms with Crippen LogP contribution in [-0.4, -0.2) is 41.0 Å². The lowest BCUT2D eigenvalue weighted by atomic mass is 9.99. The molecule has 0 spiro atoms. The van der Waals surface area contributed by atoms with Crippen molar-refractivity contribution in [2.75, 3.05) is 13.1 Å². The number of hydrogen-bond acceptors (Lipinski definition) is 4. The molecule has 0 bridgehead atoms. The van der Waals surface area contributed by atoms with Gasteiger partial charge in [-0.1, -0.05) is 19.9 Å². The fourth-order valence-corrected chi connectivity index (χ4v) is 3.78. The third kappa shape index (κ3) is 4.07. The zero-order valence-electron chi connectivity index (χ0n) is 15.1. The quantitative estimate of drug-likeness (QED) is 0.861. The Morgan fingerprint density at radius 2 is 1.96 bits per heavy atom. The number of hydrogen-bond donors (Lipinski definition) is 2. The lowest BCUT2D eigenvalue weighted by Crippen LogP contribution is -2.46. The zero-order chi connectivity index (χ0) is 18.7. The Hall–Kier alpha value is -2.34. The van der Waals surface area contributed by atoms with Gasteiger partial charge in [-0.2, -0.15) is 11.3 Å². The van der Waals surface area contributed by atoms with Crippen molar-refractivity contribution in [1.82, 2.24) is 10.2 Å². The van der Waals surface area contributed by atoms with Gasteiger partial charge in [-0.3, -0.25) is 9.59 Å². The molecule has 2 N–H and O–H groups in total. The van der Waals surface area contributed by atoms with Crippen molar-refractivity contribution in [1.29, 1.82) is 0 Å². The Balaban J connectivity index is 1.57. The molecular formula is C20H24N2O3S. The predicted octanol–water partition coefficient (Wildman–Crippen LogP) is 3.61. The van der Waals surface area contributed by atoms with Gasteiger partial charge < -0.3 is 15.3 Å². The van der Waals surface area contributed by atoms with Crippen LogP contribution < -0.4 is 5.32 Å². The first kappa shape index (κ1) is 18.5. The Kier molecular flexibility index (Phi) is 5.61. The van der Waals surface area contributed by atoms with Gasteiger partial charge in [0.15, 0.2) is 0 Å². The highest BCUT2D eigenvalue weighted by Gasteiger charge is 2.26. The molecule has 1 aromatic carbocycles. The number of carbonyl (C=O) groups excluding carboxylic acids is 2. The monoisotopic (exact) mass is 372 g/mol. The number of nitrogens with zero attached hydrogens (tertiary/aromatic N) is 1. The average molecular weight is 372 g/mol. The highest BCUT2D eigenvalue weighted by Crippen LogP contribution is 2.26. The lowest BCUT2D eigenvalue weighted by molar-refractivity contribution is 0.0695. The summed E-state index contributed by atoms with van der Waals surface area (Å²) >= 11 is 1.50. The second-order valence-electron chi connectivity index (χ2n) is 6.98. The minimum Gasteiger partial charge on any atom is -0.507 e. The smallest absolute Gasteiger partial charge is 0.257 e. The molecule has 138 valence electrons. The van der Waals surface area contributed by atoms with Crippen LogP contribution in [0.25, 0.3) is 0 Å². The summed E-state index contributed by atoms with van der Waals surface area (Å²) in [7, 11) is 0. The number of thiophene rings is 1. The molecule has 1 fully saturated rings. The second kappa shape index (κ2) is 7.91. The van der Waals surface area contributed by atoms with Crippen molar-refractivity contribution < 1.29 is 14.7 Å². The summed E-state index contributed by atoms with van der Waals surface area (Å²) in [5.74, 6) is 0.125. The molecule has 5 nitrogen and oxygen atoms in total. The molecule has 1 aromatic heterocycles. The van der Waals surface area contributed by atoms with Crippen LogP contribution in [0.5, 0.6) is 5.75 Å². The summed E-state index contributed by atoms with van der Waals surface area (Å²) in [5.41, 5.74) is 2.03. The fraction of sp³-hybridized carbons (Fsp3) is 0.400. The van der Waals surface area contributed by atoms with Gasteiger partial charge in [0.1, 0.15) is 5.75 Å². The first-order chi connectivity index (χ1) is 12.5. The highest BCUT2D eigenvalue weighted by atomic mass is 32.1. The third-order valence-corrected chi connectivity index (χ3v) is 5.50. The number of piperidine rings is 1. The molecular weight excluding hydrogens is 348 g/mol. The van der Waals surface area contributed by atoms with Crippen LogP contribution >= 0.6 is 11.3 Å². The number of benzene rings is 1. The zero-order valence-corrected chi connectivity index (χ0v) is 15.9. The molecule has 2 aromatic rings. The summed E-state index contributed by atoms with van der Waals surface area (Å²) in [4.78, 5) is 26.6. The van der Waals surface area contributed by atoms with Gasteiger partial charge >= 0.3 is 0 Å². The molecule has 0 saturated carbocycles. The molecule has 3 rings (SSSR count). The average Bonchev–Trinajstić information content (AvgIpc) is 3.16. The Morgan fingerprint density at radius 3 is 2.54 bits per heavy atom. The largest absolute Gasteiger partial charge is 0.507 e. The number of likely N-dealkylation sites (tertiary alicyclic amines) is 1. The van der Waals surface area contributed by atoms with Crippen molar-refractivity contribution in [2.24, 2.45) is 0 Å². The van der Waals surface area contributed by atoms with Crippen molar-refractivity contribution >= 4 is 23.2 Å². The van der Waals surface area contributed by atoms with Crippen LogP contribution in [-0.2, 0) is 0 Å². The summed E-state index contributed by atoms with van der Waals surface area (Å²) < 4.78 is 0. The maximum atomic E-state index is 12.7. The van der Waals surface area contributed by atoms with Crippen LogP contribution in [0, 0.1) is 0 Å². The molecule has 6 heteroatoms. The normalized spacial score (nSPS) is 15.3. The number of phenolic OH excluding ortho intramolecular Hbond substituents is 1. The predicted molar refractivity (Wildman–Crippen MR) is 103 cm³/mol. The van der Waals surface area contributed by atoms with Gasteiger partial charge in [0.05, 0.1) is 5.56 Å². The molecule has 0 unspecified atom stereocenters. The maximum Gasteiger partial charge on any atom is 0.257 e. The fourth-order valence-electron chi connectivity index (χ4n) is 3.15. The summed E-state index contributed by atoms with van der Waals surface area (Å²) in [5, 5.41) is 17.0. The van der Waals surface area contributed by atoms with E-state index in [4.69, 9.17) is 0 Å². The molecule has 2 heterocycles. The Labute approximate surface area is 157 Å². The number of carbonyl (C=O) groups is 2. The first-order valence-corrected chi connectivity index (χ1v) is 9.85. The van der Waals surface area contributed by atoms with Gasteiger partial charge in [0.25, 0.3) is 11.8 Å². The standard InChI is InChI=1S/C20H24N2O3S/c1-13(2)14-3-4-17(18(23)11-14)20(25)22-8-5-16(6-9-22)21-19(24)15-7-10-26-12-15/h3-4,7,10-13,16,23H,5-6,8-9H2,1-2H3,(H,21,24). The Morgan fingerprint density at radius 1 is 1.23 bits per heavy atom. The van der Waals surface area contributed by atoms with E-state index in [1.54, 1.807) is 17.0 Å². The van der Waals surface area contributed by atoms with Crippen LogP contribution in [0.4, 0.5) is 0 Å². The van der Waals surface area contributed by atoms with Crippen molar-refractivity contribution in [2.45, 2.75) is 38.6 Å². The molecule has 0 radical (unpaired) electrons. The summed E-state index contributed by atoms with van der Waals surface area (Å²) in [6.45, 7) is 5.23. The van der Waals surface area contributed by atoms with Gasteiger partial charge in [0, 0.05) is 30.1 Å². The maximum absolute atomic E-state index is 12.7. The number of rotatable bonds is 4. The SMILES string of the molecule is CC(C)c1ccc(C(=O)N2CCC(NC(=O)c3ccsc3)CC2)c(O)c1. The van der Waals surface area contributed by atoms with Gasteiger partial charge in [0.2, 0.25) is 0 Å². The molecule has 0 atom stereocenters. The van der Waals surface area contributed by atoms with Gasteiger partial charge in [-0.05, 0) is 47.9 Å². The minimum absolute atomic E-state index is 0.0362. The molecule has 26 heavy (non-hydrogen) atoms. The number of amides is 2. The molecule has 1 aliphatic heterocycles. The van der Waals surface area contributed by atoms with E-state index in [1.165, 1.54) is 11.3 Å². The summed E-state index contributed by atoms with van der Waals surface area (Å²) in [6, 6.07) is 7.15. The van der Waals surface area contributed by atoms with Crippen molar-refractivity contribution in [3.05, 3.63) is 51.7 Å². The molecule has 1 saturated heterocycles. The van der Waals surface area contributed by atoms with Crippen molar-refractivity contribution in [3.63, 3.8) is 0 Å². The lowest BCUT2D eigenvalue weighted by Gasteiger charge is -2.32. The van der Waals surface area contributed by atoms with Crippen LogP contribution in [0.1, 0.15) is 58.9 Å². The highest BCUT2D eigenvalue weighted by molar-refractivity contribution is 7.08. The molecule has 2 amide bonds. The van der Waals surface area contributed by atoms with E-state index in [2.05, 4.69) is 5.32 Å². The summed E-state index contributed by atoms with van der Waals surface area (Å²) in [6.07, 6.45) is 1.43. The number of aromatic hydroxyl groups is 1. The van der Waals surface area contributed by atoms with Gasteiger partial charge in [-0.25, -0.2) is 0 Å². The van der Waals surface area contributed by atoms with E-state index in [1.807, 2.05) is 36.7 Å². The van der Waals surface area contributed by atoms with Crippen LogP contribution in [0.15, 0.2) is 35.0 Å². The Bertz CT molecular complexity index is 778. The van der Waals surface area contributed by atoms with Gasteiger partial charge in [-0.15, -0.1) is 0 Å². The van der Waals surface area contributed by atoms with E-state index >= 15 is 0 Å². The number of phenols is 1. The van der Waals surface area contributed by atoms with Crippen LogP contribution in [0.2, 0.25) is 0 Å². The van der Waals surface area contributed by atoms with E-state index in [9.17, 15) is 14.7 Å². The number of nitrogens with one attached hydrogen (secondary N) is 1. The minimum atomic E-state index is -0.152. The van der Waals surface area contributed by atoms with E-state index < -0.39 is 0 Å². The van der Waals surface area contributed by atoms with E-state index in [0.29, 0.717) is 43.0 Å². The van der Waals surface area contributed by atoms with E-state index in [0.717, 1.165) is 5.56 Å². The molecule has 1 aliphatic rings. The second-order valence-corrected chi connectivity index (χ2v) is 7.76. The topological polar surface area (TPSA) is 69.6 Å². The van der Waals surface area contributed by atoms with Crippen molar-refractivity contribution in [3.8, 4) is 5.75 Å². The first-order valence-electron chi connectivity index (χ1n) is 8.91.